The fraction of sp³-hybridized carbons (Fsp3) is 0.333. The molecule has 3 rings (SSSR count). The number of carbonyl (C=O) groups excluding carboxylic acids is 1. The number of ether oxygens (including phenoxy) is 1. The molecule has 5 nitrogen and oxygen atoms in total. The van der Waals surface area contributed by atoms with Crippen molar-refractivity contribution >= 4 is 11.6 Å². The van der Waals surface area contributed by atoms with Crippen LogP contribution in [-0.2, 0) is 11.3 Å². The number of nitrogens with zero attached hydrogens (tertiary/aromatic N) is 2. The minimum Gasteiger partial charge on any atom is -0.492 e. The summed E-state index contributed by atoms with van der Waals surface area (Å²) in [5, 5.41) is 2.95. The Morgan fingerprint density at radius 1 is 1.43 bits per heavy atom. The van der Waals surface area contributed by atoms with E-state index in [1.54, 1.807) is 12.5 Å². The van der Waals surface area contributed by atoms with Crippen molar-refractivity contribution < 1.29 is 9.53 Å². The molecule has 0 bridgehead atoms. The average molecular weight is 311 g/mol. The van der Waals surface area contributed by atoms with Crippen molar-refractivity contribution in [1.82, 2.24) is 9.55 Å². The van der Waals surface area contributed by atoms with Crippen LogP contribution in [0, 0.1) is 5.92 Å². The van der Waals surface area contributed by atoms with Gasteiger partial charge >= 0.3 is 0 Å². The van der Waals surface area contributed by atoms with Gasteiger partial charge in [0.05, 0.1) is 12.9 Å². The van der Waals surface area contributed by atoms with Crippen molar-refractivity contribution in [1.29, 1.82) is 0 Å². The Hall–Kier alpha value is -2.56. The minimum atomic E-state index is 0.0529. The van der Waals surface area contributed by atoms with Crippen molar-refractivity contribution in [3.8, 4) is 5.75 Å². The van der Waals surface area contributed by atoms with Crippen molar-refractivity contribution in [3.63, 3.8) is 0 Å². The summed E-state index contributed by atoms with van der Waals surface area (Å²) in [6.07, 6.45) is 12.4. The first-order valence-electron chi connectivity index (χ1n) is 7.95. The number of imidazole rings is 1. The summed E-state index contributed by atoms with van der Waals surface area (Å²) >= 11 is 0. The molecule has 1 heterocycles. The summed E-state index contributed by atoms with van der Waals surface area (Å²) in [7, 11) is 0. The number of benzene rings is 1. The summed E-state index contributed by atoms with van der Waals surface area (Å²) in [6.45, 7) is 1.30. The molecular weight excluding hydrogens is 290 g/mol. The van der Waals surface area contributed by atoms with Crippen molar-refractivity contribution in [3.05, 3.63) is 55.1 Å². The second-order valence-corrected chi connectivity index (χ2v) is 5.69. The number of nitrogens with one attached hydrogen (secondary N) is 1. The van der Waals surface area contributed by atoms with Gasteiger partial charge in [0.15, 0.2) is 0 Å². The summed E-state index contributed by atoms with van der Waals surface area (Å²) in [6, 6.07) is 7.52. The predicted molar refractivity (Wildman–Crippen MR) is 89.3 cm³/mol. The molecule has 5 heteroatoms. The molecule has 0 saturated carbocycles. The third kappa shape index (κ3) is 4.71. The summed E-state index contributed by atoms with van der Waals surface area (Å²) < 4.78 is 7.68. The first kappa shape index (κ1) is 15.3. The highest BCUT2D eigenvalue weighted by Crippen LogP contribution is 2.22. The standard InChI is InChI=1S/C18H21N3O2/c22-18(12-15-4-1-2-5-15)20-16-6-3-7-17(13-16)23-11-10-21-9-8-19-14-21/h1,3-4,6-9,13-15H,2,5,10-12H2,(H,20,22)/t15-/m0/s1. The predicted octanol–water partition coefficient (Wildman–Crippen LogP) is 3.26. The number of amides is 1. The largest absolute Gasteiger partial charge is 0.492 e. The number of rotatable bonds is 7. The molecule has 0 spiro atoms. The van der Waals surface area contributed by atoms with E-state index in [4.69, 9.17) is 4.74 Å². The third-order valence-electron chi connectivity index (χ3n) is 3.86. The zero-order valence-electron chi connectivity index (χ0n) is 13.0. The summed E-state index contributed by atoms with van der Waals surface area (Å²) in [5.74, 6) is 1.19. The zero-order chi connectivity index (χ0) is 15.9. The van der Waals surface area contributed by atoms with E-state index in [0.29, 0.717) is 18.9 Å². The van der Waals surface area contributed by atoms with E-state index >= 15 is 0 Å². The van der Waals surface area contributed by atoms with Gasteiger partial charge in [-0.3, -0.25) is 4.79 Å². The highest BCUT2D eigenvalue weighted by molar-refractivity contribution is 5.91. The second-order valence-electron chi connectivity index (χ2n) is 5.69. The summed E-state index contributed by atoms with van der Waals surface area (Å²) in [5.41, 5.74) is 0.775. The molecule has 0 unspecified atom stereocenters. The van der Waals surface area contributed by atoms with E-state index in [1.807, 2.05) is 35.0 Å². The maximum atomic E-state index is 12.1. The topological polar surface area (TPSA) is 56.1 Å². The van der Waals surface area contributed by atoms with Gasteiger partial charge in [-0.15, -0.1) is 0 Å². The van der Waals surface area contributed by atoms with Gasteiger partial charge in [0.2, 0.25) is 5.91 Å². The lowest BCUT2D eigenvalue weighted by molar-refractivity contribution is -0.116. The van der Waals surface area contributed by atoms with Crippen LogP contribution in [0.5, 0.6) is 5.75 Å². The Bertz CT molecular complexity index is 665. The van der Waals surface area contributed by atoms with E-state index < -0.39 is 0 Å². The first-order chi connectivity index (χ1) is 11.3. The molecule has 23 heavy (non-hydrogen) atoms. The highest BCUT2D eigenvalue weighted by Gasteiger charge is 2.14. The molecule has 1 amide bonds. The van der Waals surface area contributed by atoms with Gasteiger partial charge in [-0.05, 0) is 30.9 Å². The fourth-order valence-corrected chi connectivity index (χ4v) is 2.67. The van der Waals surface area contributed by atoms with Crippen LogP contribution in [0.4, 0.5) is 5.69 Å². The number of allylic oxidation sites excluding steroid dienone is 2. The van der Waals surface area contributed by atoms with Crippen LogP contribution in [0.15, 0.2) is 55.1 Å². The van der Waals surface area contributed by atoms with Crippen LogP contribution in [0.1, 0.15) is 19.3 Å². The van der Waals surface area contributed by atoms with Gasteiger partial charge in [0, 0.05) is 30.6 Å². The van der Waals surface area contributed by atoms with E-state index in [9.17, 15) is 4.79 Å². The minimum absolute atomic E-state index is 0.0529. The number of anilines is 1. The Morgan fingerprint density at radius 3 is 3.17 bits per heavy atom. The quantitative estimate of drug-likeness (QED) is 0.799. The number of carbonyl (C=O) groups is 1. The zero-order valence-corrected chi connectivity index (χ0v) is 13.0. The van der Waals surface area contributed by atoms with Crippen LogP contribution in [0.3, 0.4) is 0 Å². The molecule has 2 aromatic rings. The van der Waals surface area contributed by atoms with Gasteiger partial charge in [0.25, 0.3) is 0 Å². The molecule has 1 aliphatic rings. The van der Waals surface area contributed by atoms with E-state index in [-0.39, 0.29) is 5.91 Å². The maximum absolute atomic E-state index is 12.1. The van der Waals surface area contributed by atoms with Gasteiger partial charge in [-0.2, -0.15) is 0 Å². The van der Waals surface area contributed by atoms with E-state index in [1.165, 1.54) is 0 Å². The smallest absolute Gasteiger partial charge is 0.224 e. The van der Waals surface area contributed by atoms with E-state index in [2.05, 4.69) is 22.5 Å². The lowest BCUT2D eigenvalue weighted by Crippen LogP contribution is -2.14. The Morgan fingerprint density at radius 2 is 2.39 bits per heavy atom. The molecule has 1 atom stereocenters. The molecule has 1 aromatic carbocycles. The van der Waals surface area contributed by atoms with Crippen LogP contribution >= 0.6 is 0 Å². The number of hydrogen-bond donors (Lipinski definition) is 1. The molecule has 1 aromatic heterocycles. The van der Waals surface area contributed by atoms with Crippen LogP contribution < -0.4 is 10.1 Å². The molecule has 0 saturated heterocycles. The molecule has 0 aliphatic heterocycles. The molecule has 0 fully saturated rings. The van der Waals surface area contributed by atoms with Crippen molar-refractivity contribution in [2.45, 2.75) is 25.8 Å². The van der Waals surface area contributed by atoms with Gasteiger partial charge < -0.3 is 14.6 Å². The lowest BCUT2D eigenvalue weighted by atomic mass is 10.1. The number of aromatic nitrogens is 2. The van der Waals surface area contributed by atoms with Crippen molar-refractivity contribution in [2.24, 2.45) is 5.92 Å². The average Bonchev–Trinajstić information content (AvgIpc) is 3.21. The Labute approximate surface area is 136 Å². The molecule has 120 valence electrons. The van der Waals surface area contributed by atoms with Crippen LogP contribution in [0.2, 0.25) is 0 Å². The van der Waals surface area contributed by atoms with Gasteiger partial charge in [-0.25, -0.2) is 4.98 Å². The second kappa shape index (κ2) is 7.63. The maximum Gasteiger partial charge on any atom is 0.224 e. The molecule has 1 aliphatic carbocycles. The highest BCUT2D eigenvalue weighted by atomic mass is 16.5. The molecule has 1 N–H and O–H groups in total. The lowest BCUT2D eigenvalue weighted by Gasteiger charge is -2.11. The van der Waals surface area contributed by atoms with Gasteiger partial charge in [-0.1, -0.05) is 18.2 Å². The molecular formula is C18H21N3O2. The monoisotopic (exact) mass is 311 g/mol. The third-order valence-corrected chi connectivity index (χ3v) is 3.86. The van der Waals surface area contributed by atoms with Crippen LogP contribution in [-0.4, -0.2) is 22.1 Å². The first-order valence-corrected chi connectivity index (χ1v) is 7.95. The van der Waals surface area contributed by atoms with Crippen LogP contribution in [0.25, 0.3) is 0 Å². The van der Waals surface area contributed by atoms with Gasteiger partial charge in [0.1, 0.15) is 12.4 Å². The molecule has 0 radical (unpaired) electrons. The SMILES string of the molecule is O=C(C[C@H]1C=CCC1)Nc1cccc(OCCn2ccnc2)c1. The Balaban J connectivity index is 1.48. The fourth-order valence-electron chi connectivity index (χ4n) is 2.67. The normalized spacial score (nSPS) is 16.4. The number of hydrogen-bond acceptors (Lipinski definition) is 3. The Kier molecular flexibility index (Phi) is 5.09. The van der Waals surface area contributed by atoms with Crippen molar-refractivity contribution in [2.75, 3.05) is 11.9 Å². The summed E-state index contributed by atoms with van der Waals surface area (Å²) in [4.78, 5) is 16.0. The van der Waals surface area contributed by atoms with E-state index in [0.717, 1.165) is 30.8 Å².